The van der Waals surface area contributed by atoms with Crippen molar-refractivity contribution in [3.8, 4) is 11.3 Å². The quantitative estimate of drug-likeness (QED) is 0.547. The topological polar surface area (TPSA) is 74.5 Å². The number of rotatable bonds is 4. The van der Waals surface area contributed by atoms with Crippen LogP contribution in [0.1, 0.15) is 35.5 Å². The van der Waals surface area contributed by atoms with Gasteiger partial charge in [-0.1, -0.05) is 31.5 Å². The van der Waals surface area contributed by atoms with Gasteiger partial charge in [-0.25, -0.2) is 0 Å². The highest BCUT2D eigenvalue weighted by Crippen LogP contribution is 2.23. The van der Waals surface area contributed by atoms with Gasteiger partial charge in [0.1, 0.15) is 18.1 Å². The molecule has 5 nitrogen and oxygen atoms in total. The minimum atomic E-state index is -0.258. The first-order valence-corrected chi connectivity index (χ1v) is 9.45. The summed E-state index contributed by atoms with van der Waals surface area (Å²) in [7, 11) is 0. The highest BCUT2D eigenvalue weighted by Gasteiger charge is 2.08. The first-order chi connectivity index (χ1) is 13.5. The summed E-state index contributed by atoms with van der Waals surface area (Å²) in [6.07, 6.45) is 0. The Morgan fingerprint density at radius 2 is 1.64 bits per heavy atom. The van der Waals surface area contributed by atoms with Gasteiger partial charge in [0.25, 0.3) is 5.91 Å². The fraction of sp³-hybridized carbons (Fsp3) is 0.182. The lowest BCUT2D eigenvalue weighted by Gasteiger charge is -2.10. The van der Waals surface area contributed by atoms with Crippen LogP contribution in [0.15, 0.2) is 65.1 Å². The maximum atomic E-state index is 12.2. The van der Waals surface area contributed by atoms with Crippen molar-refractivity contribution in [1.82, 2.24) is 5.32 Å². The summed E-state index contributed by atoms with van der Waals surface area (Å²) in [5.41, 5.74) is 3.26. The molecule has 2 aromatic carbocycles. The molecule has 0 atom stereocenters. The van der Waals surface area contributed by atoms with Gasteiger partial charge in [0.15, 0.2) is 5.11 Å². The van der Waals surface area contributed by atoms with E-state index in [1.165, 1.54) is 0 Å². The zero-order valence-corrected chi connectivity index (χ0v) is 17.0. The lowest BCUT2D eigenvalue weighted by Crippen LogP contribution is -2.34. The SMILES string of the molecule is CC.Cc1ccc(C(=O)NC(=S)Nc2ccc(-c3ccc(CO)o3)cc2)cc1. The first-order valence-electron chi connectivity index (χ1n) is 9.04. The van der Waals surface area contributed by atoms with Crippen LogP contribution in [0, 0.1) is 6.92 Å². The van der Waals surface area contributed by atoms with Gasteiger partial charge in [0.2, 0.25) is 0 Å². The van der Waals surface area contributed by atoms with Gasteiger partial charge >= 0.3 is 0 Å². The molecule has 28 heavy (non-hydrogen) atoms. The second-order valence-electron chi connectivity index (χ2n) is 5.78. The van der Waals surface area contributed by atoms with Crippen LogP contribution in [0.25, 0.3) is 11.3 Å². The van der Waals surface area contributed by atoms with Crippen molar-refractivity contribution in [3.63, 3.8) is 0 Å². The molecule has 0 fully saturated rings. The number of aryl methyl sites for hydroxylation is 1. The summed E-state index contributed by atoms with van der Waals surface area (Å²) >= 11 is 5.19. The zero-order valence-electron chi connectivity index (χ0n) is 16.2. The zero-order chi connectivity index (χ0) is 20.5. The second kappa shape index (κ2) is 10.4. The van der Waals surface area contributed by atoms with E-state index >= 15 is 0 Å². The van der Waals surface area contributed by atoms with Gasteiger partial charge in [-0.05, 0) is 67.7 Å². The van der Waals surface area contributed by atoms with Gasteiger partial charge in [-0.15, -0.1) is 0 Å². The molecule has 0 bridgehead atoms. The molecule has 146 valence electrons. The number of carbonyl (C=O) groups is 1. The second-order valence-corrected chi connectivity index (χ2v) is 6.18. The molecular weight excluding hydrogens is 372 g/mol. The molecule has 0 radical (unpaired) electrons. The number of nitrogens with one attached hydrogen (secondary N) is 2. The monoisotopic (exact) mass is 396 g/mol. The number of carbonyl (C=O) groups excluding carboxylic acids is 1. The molecule has 1 amide bonds. The first kappa shape index (κ1) is 21.3. The molecule has 0 spiro atoms. The Bertz CT molecular complexity index is 916. The van der Waals surface area contributed by atoms with E-state index < -0.39 is 0 Å². The lowest BCUT2D eigenvalue weighted by atomic mass is 10.1. The lowest BCUT2D eigenvalue weighted by molar-refractivity contribution is 0.0977. The van der Waals surface area contributed by atoms with Crippen molar-refractivity contribution in [2.24, 2.45) is 0 Å². The van der Waals surface area contributed by atoms with Crippen LogP contribution in [-0.4, -0.2) is 16.1 Å². The third-order valence-electron chi connectivity index (χ3n) is 3.79. The largest absolute Gasteiger partial charge is 0.459 e. The van der Waals surface area contributed by atoms with Crippen molar-refractivity contribution in [2.45, 2.75) is 27.4 Å². The van der Waals surface area contributed by atoms with Gasteiger partial charge in [0.05, 0.1) is 0 Å². The van der Waals surface area contributed by atoms with Crippen molar-refractivity contribution >= 4 is 28.9 Å². The Labute approximate surface area is 170 Å². The maximum Gasteiger partial charge on any atom is 0.257 e. The summed E-state index contributed by atoms with van der Waals surface area (Å²) < 4.78 is 5.50. The van der Waals surface area contributed by atoms with E-state index in [1.807, 2.05) is 57.2 Å². The molecule has 0 aliphatic heterocycles. The Balaban J connectivity index is 0.00000136. The van der Waals surface area contributed by atoms with Crippen LogP contribution in [0.2, 0.25) is 0 Å². The Hall–Kier alpha value is -2.96. The molecule has 0 aliphatic rings. The fourth-order valence-corrected chi connectivity index (χ4v) is 2.59. The molecule has 0 unspecified atom stereocenters. The number of furan rings is 1. The van der Waals surface area contributed by atoms with Gasteiger partial charge in [-0.3, -0.25) is 10.1 Å². The number of thiocarbonyl (C=S) groups is 1. The molecular formula is C22H24N2O3S. The molecule has 0 saturated carbocycles. The van der Waals surface area contributed by atoms with Gasteiger partial charge in [-0.2, -0.15) is 0 Å². The smallest absolute Gasteiger partial charge is 0.257 e. The molecule has 1 heterocycles. The summed E-state index contributed by atoms with van der Waals surface area (Å²) in [6, 6.07) is 18.2. The summed E-state index contributed by atoms with van der Waals surface area (Å²) in [5, 5.41) is 14.9. The Kier molecular flexibility index (Phi) is 7.92. The number of benzene rings is 2. The third-order valence-corrected chi connectivity index (χ3v) is 3.99. The van der Waals surface area contributed by atoms with E-state index in [0.29, 0.717) is 17.1 Å². The fourth-order valence-electron chi connectivity index (χ4n) is 2.38. The minimum Gasteiger partial charge on any atom is -0.459 e. The Morgan fingerprint density at radius 1 is 1.00 bits per heavy atom. The average Bonchev–Trinajstić information content (AvgIpc) is 3.20. The van der Waals surface area contributed by atoms with Crippen LogP contribution in [0.5, 0.6) is 0 Å². The van der Waals surface area contributed by atoms with Crippen LogP contribution in [0.3, 0.4) is 0 Å². The Morgan fingerprint density at radius 3 is 2.21 bits per heavy atom. The molecule has 6 heteroatoms. The summed E-state index contributed by atoms with van der Waals surface area (Å²) in [4.78, 5) is 12.2. The molecule has 3 N–H and O–H groups in total. The number of aliphatic hydroxyl groups excluding tert-OH is 1. The van der Waals surface area contributed by atoms with Crippen molar-refractivity contribution in [2.75, 3.05) is 5.32 Å². The molecule has 0 aliphatic carbocycles. The number of hydrogen-bond donors (Lipinski definition) is 3. The number of aliphatic hydroxyl groups is 1. The average molecular weight is 397 g/mol. The van der Waals surface area contributed by atoms with Gasteiger partial charge < -0.3 is 14.8 Å². The number of hydrogen-bond acceptors (Lipinski definition) is 4. The van der Waals surface area contributed by atoms with E-state index in [9.17, 15) is 4.79 Å². The van der Waals surface area contributed by atoms with Crippen molar-refractivity contribution < 1.29 is 14.3 Å². The van der Waals surface area contributed by atoms with Crippen molar-refractivity contribution in [3.05, 3.63) is 77.6 Å². The summed E-state index contributed by atoms with van der Waals surface area (Å²) in [6.45, 7) is 5.83. The number of amides is 1. The maximum absolute atomic E-state index is 12.2. The van der Waals surface area contributed by atoms with E-state index in [-0.39, 0.29) is 17.6 Å². The predicted octanol–water partition coefficient (Wildman–Crippen LogP) is 4.90. The molecule has 3 rings (SSSR count). The van der Waals surface area contributed by atoms with E-state index in [2.05, 4.69) is 10.6 Å². The van der Waals surface area contributed by atoms with E-state index in [4.69, 9.17) is 21.7 Å². The van der Waals surface area contributed by atoms with Crippen molar-refractivity contribution in [1.29, 1.82) is 0 Å². The van der Waals surface area contributed by atoms with Crippen LogP contribution in [-0.2, 0) is 6.61 Å². The van der Waals surface area contributed by atoms with Crippen LogP contribution < -0.4 is 10.6 Å². The van der Waals surface area contributed by atoms with Crippen LogP contribution >= 0.6 is 12.2 Å². The standard InChI is InChI=1S/C20H18N2O3S.C2H6/c1-13-2-4-15(5-3-13)19(24)22-20(26)21-16-8-6-14(7-9-16)18-11-10-17(12-23)25-18;1-2/h2-11,23H,12H2,1H3,(H2,21,22,24,26);1-2H3. The molecule has 1 aromatic heterocycles. The van der Waals surface area contributed by atoms with E-state index in [0.717, 1.165) is 16.8 Å². The number of anilines is 1. The highest BCUT2D eigenvalue weighted by molar-refractivity contribution is 7.80. The van der Waals surface area contributed by atoms with Crippen LogP contribution in [0.4, 0.5) is 5.69 Å². The van der Waals surface area contributed by atoms with E-state index in [1.54, 1.807) is 24.3 Å². The normalized spacial score (nSPS) is 9.86. The third kappa shape index (κ3) is 5.77. The molecule has 0 saturated heterocycles. The predicted molar refractivity (Wildman–Crippen MR) is 116 cm³/mol. The summed E-state index contributed by atoms with van der Waals surface area (Å²) in [5.74, 6) is 0.935. The highest BCUT2D eigenvalue weighted by atomic mass is 32.1. The minimum absolute atomic E-state index is 0.130. The molecule has 3 aromatic rings. The van der Waals surface area contributed by atoms with Gasteiger partial charge in [0, 0.05) is 16.8 Å².